The molecule has 18 heavy (non-hydrogen) atoms. The summed E-state index contributed by atoms with van der Waals surface area (Å²) < 4.78 is 0. The third-order valence-electron chi connectivity index (χ3n) is 4.12. The zero-order valence-electron chi connectivity index (χ0n) is 10.4. The summed E-state index contributed by atoms with van der Waals surface area (Å²) in [6, 6.07) is 4.09. The Kier molecular flexibility index (Phi) is 3.04. The van der Waals surface area contributed by atoms with Crippen molar-refractivity contribution in [2.75, 3.05) is 6.54 Å². The van der Waals surface area contributed by atoms with Gasteiger partial charge in [-0.15, -0.1) is 0 Å². The molecule has 0 aromatic heterocycles. The van der Waals surface area contributed by atoms with E-state index in [0.29, 0.717) is 5.69 Å². The van der Waals surface area contributed by atoms with Crippen LogP contribution in [0.25, 0.3) is 0 Å². The smallest absolute Gasteiger partial charge is 0.274 e. The fraction of sp³-hybridized carbons (Fsp3) is 0.571. The number of rotatable bonds is 2. The number of nitrogens with one attached hydrogen (secondary N) is 1. The Balaban J connectivity index is 2.06. The van der Waals surface area contributed by atoms with E-state index in [9.17, 15) is 10.1 Å². The first-order valence-electron chi connectivity index (χ1n) is 6.79. The maximum Gasteiger partial charge on any atom is 0.274 e. The largest absolute Gasteiger partial charge is 0.310 e. The summed E-state index contributed by atoms with van der Waals surface area (Å²) >= 11 is 0. The lowest BCUT2D eigenvalue weighted by atomic mass is 9.88. The Morgan fingerprint density at radius 1 is 1.17 bits per heavy atom. The molecule has 0 spiro atoms. The summed E-state index contributed by atoms with van der Waals surface area (Å²) in [5, 5.41) is 14.6. The number of nitro groups is 1. The average molecular weight is 246 g/mol. The lowest BCUT2D eigenvalue weighted by molar-refractivity contribution is -0.385. The Morgan fingerprint density at radius 3 is 2.50 bits per heavy atom. The second-order valence-electron chi connectivity index (χ2n) is 5.29. The Morgan fingerprint density at radius 2 is 1.89 bits per heavy atom. The number of nitrogens with zero attached hydrogens (tertiary/aromatic N) is 1. The predicted molar refractivity (Wildman–Crippen MR) is 69.7 cm³/mol. The first-order valence-corrected chi connectivity index (χ1v) is 6.79. The van der Waals surface area contributed by atoms with Crippen LogP contribution in [0, 0.1) is 10.1 Å². The molecule has 1 aliphatic carbocycles. The predicted octanol–water partition coefficient (Wildman–Crippen LogP) is 2.90. The van der Waals surface area contributed by atoms with E-state index >= 15 is 0 Å². The van der Waals surface area contributed by atoms with Gasteiger partial charge >= 0.3 is 0 Å². The van der Waals surface area contributed by atoms with Gasteiger partial charge in [-0.1, -0.05) is 0 Å². The fourth-order valence-corrected chi connectivity index (χ4v) is 3.18. The molecule has 96 valence electrons. The first-order chi connectivity index (χ1) is 8.75. The van der Waals surface area contributed by atoms with Crippen molar-refractivity contribution < 1.29 is 4.92 Å². The minimum absolute atomic E-state index is 0.178. The first kappa shape index (κ1) is 11.7. The normalized spacial score (nSPS) is 22.8. The van der Waals surface area contributed by atoms with Crippen LogP contribution in [0.15, 0.2) is 12.1 Å². The third-order valence-corrected chi connectivity index (χ3v) is 4.12. The molecule has 1 aromatic rings. The second-order valence-corrected chi connectivity index (χ2v) is 5.29. The van der Waals surface area contributed by atoms with Crippen LogP contribution in [-0.4, -0.2) is 11.5 Å². The van der Waals surface area contributed by atoms with Crippen LogP contribution in [0.3, 0.4) is 0 Å². The van der Waals surface area contributed by atoms with Gasteiger partial charge in [0.15, 0.2) is 0 Å². The van der Waals surface area contributed by atoms with Gasteiger partial charge in [-0.2, -0.15) is 0 Å². The van der Waals surface area contributed by atoms with Crippen LogP contribution in [0.5, 0.6) is 0 Å². The summed E-state index contributed by atoms with van der Waals surface area (Å²) in [6.45, 7) is 0.971. The molecule has 0 saturated carbocycles. The van der Waals surface area contributed by atoms with Crippen LogP contribution in [0.2, 0.25) is 0 Å². The molecular weight excluding hydrogens is 228 g/mol. The van der Waals surface area contributed by atoms with Gasteiger partial charge in [-0.25, -0.2) is 0 Å². The van der Waals surface area contributed by atoms with Crippen LogP contribution in [0.4, 0.5) is 5.69 Å². The van der Waals surface area contributed by atoms with Crippen LogP contribution in [0.1, 0.15) is 48.4 Å². The molecule has 0 radical (unpaired) electrons. The molecule has 0 amide bonds. The van der Waals surface area contributed by atoms with Gasteiger partial charge in [0.2, 0.25) is 0 Å². The number of aryl methyl sites for hydroxylation is 2. The molecule has 3 rings (SSSR count). The molecule has 2 aliphatic rings. The van der Waals surface area contributed by atoms with E-state index in [4.69, 9.17) is 0 Å². The van der Waals surface area contributed by atoms with E-state index in [1.54, 1.807) is 0 Å². The second kappa shape index (κ2) is 4.69. The van der Waals surface area contributed by atoms with E-state index in [-0.39, 0.29) is 11.0 Å². The summed E-state index contributed by atoms with van der Waals surface area (Å²) in [5.74, 6) is 0. The summed E-state index contributed by atoms with van der Waals surface area (Å²) in [5.41, 5.74) is 3.73. The molecule has 1 fully saturated rings. The fourth-order valence-electron chi connectivity index (χ4n) is 3.18. The van der Waals surface area contributed by atoms with Crippen LogP contribution >= 0.6 is 0 Å². The van der Waals surface area contributed by atoms with Gasteiger partial charge in [-0.3, -0.25) is 10.1 Å². The Bertz CT molecular complexity index is 479. The molecule has 1 N–H and O–H groups in total. The van der Waals surface area contributed by atoms with Gasteiger partial charge in [-0.05, 0) is 62.3 Å². The molecule has 1 heterocycles. The minimum atomic E-state index is -0.218. The lowest BCUT2D eigenvalue weighted by Gasteiger charge is -2.19. The molecule has 4 nitrogen and oxygen atoms in total. The molecule has 1 saturated heterocycles. The third kappa shape index (κ3) is 2.01. The quantitative estimate of drug-likeness (QED) is 0.644. The molecule has 4 heteroatoms. The molecule has 0 bridgehead atoms. The summed E-state index contributed by atoms with van der Waals surface area (Å²) in [7, 11) is 0. The molecular formula is C14H18N2O2. The highest BCUT2D eigenvalue weighted by molar-refractivity contribution is 5.50. The number of benzene rings is 1. The summed E-state index contributed by atoms with van der Waals surface area (Å²) in [6.07, 6.45) is 6.56. The van der Waals surface area contributed by atoms with Crippen molar-refractivity contribution in [3.63, 3.8) is 0 Å². The van der Waals surface area contributed by atoms with Crippen molar-refractivity contribution in [1.29, 1.82) is 0 Å². The topological polar surface area (TPSA) is 55.2 Å². The highest BCUT2D eigenvalue weighted by Gasteiger charge is 2.27. The highest BCUT2D eigenvalue weighted by atomic mass is 16.6. The highest BCUT2D eigenvalue weighted by Crippen LogP contribution is 2.35. The Labute approximate surface area is 107 Å². The maximum atomic E-state index is 11.2. The standard InChI is InChI=1S/C14H18N2O2/c17-16(18)14-9-11-5-2-1-4-10(11)8-12(14)13-6-3-7-15-13/h8-9,13,15H,1-7H2/t13-/m0/s1. The van der Waals surface area contributed by atoms with E-state index in [2.05, 4.69) is 11.4 Å². The van der Waals surface area contributed by atoms with Crippen LogP contribution in [-0.2, 0) is 12.8 Å². The maximum absolute atomic E-state index is 11.2. The molecule has 1 atom stereocenters. The Hall–Kier alpha value is -1.42. The average Bonchev–Trinajstić information content (AvgIpc) is 2.91. The van der Waals surface area contributed by atoms with Gasteiger partial charge < -0.3 is 5.32 Å². The molecule has 1 aromatic carbocycles. The van der Waals surface area contributed by atoms with Crippen molar-refractivity contribution in [1.82, 2.24) is 5.32 Å². The minimum Gasteiger partial charge on any atom is -0.310 e. The van der Waals surface area contributed by atoms with Crippen LogP contribution < -0.4 is 5.32 Å². The monoisotopic (exact) mass is 246 g/mol. The van der Waals surface area contributed by atoms with Gasteiger partial charge in [0.25, 0.3) is 5.69 Å². The van der Waals surface area contributed by atoms with Crippen molar-refractivity contribution in [2.24, 2.45) is 0 Å². The van der Waals surface area contributed by atoms with E-state index in [1.165, 1.54) is 17.5 Å². The van der Waals surface area contributed by atoms with Crippen molar-refractivity contribution in [2.45, 2.75) is 44.6 Å². The van der Waals surface area contributed by atoms with Gasteiger partial charge in [0, 0.05) is 17.7 Å². The van der Waals surface area contributed by atoms with E-state index in [0.717, 1.165) is 44.2 Å². The zero-order chi connectivity index (χ0) is 12.5. The van der Waals surface area contributed by atoms with Crippen molar-refractivity contribution in [3.8, 4) is 0 Å². The van der Waals surface area contributed by atoms with E-state index in [1.807, 2.05) is 6.07 Å². The molecule has 0 unspecified atom stereocenters. The lowest BCUT2D eigenvalue weighted by Crippen LogP contribution is -2.16. The van der Waals surface area contributed by atoms with Gasteiger partial charge in [0.1, 0.15) is 0 Å². The SMILES string of the molecule is O=[N+]([O-])c1cc2c(cc1[C@@H]1CCCN1)CCCC2. The van der Waals surface area contributed by atoms with Crippen molar-refractivity contribution in [3.05, 3.63) is 38.9 Å². The number of fused-ring (bicyclic) bond motifs is 1. The summed E-state index contributed by atoms with van der Waals surface area (Å²) in [4.78, 5) is 11.0. The zero-order valence-corrected chi connectivity index (χ0v) is 10.4. The molecule has 1 aliphatic heterocycles. The van der Waals surface area contributed by atoms with Gasteiger partial charge in [0.05, 0.1) is 4.92 Å². The number of hydrogen-bond acceptors (Lipinski definition) is 3. The number of nitro benzene ring substituents is 1. The number of hydrogen-bond donors (Lipinski definition) is 1. The van der Waals surface area contributed by atoms with E-state index < -0.39 is 0 Å². The van der Waals surface area contributed by atoms with Crippen molar-refractivity contribution >= 4 is 5.69 Å².